The minimum absolute atomic E-state index is 0.112. The first-order valence-electron chi connectivity index (χ1n) is 6.88. The Morgan fingerprint density at radius 2 is 1.67 bits per heavy atom. The number of aliphatic hydroxyl groups is 1. The highest BCUT2D eigenvalue weighted by molar-refractivity contribution is 5.39. The average molecular weight is 249 g/mol. The van der Waals surface area contributed by atoms with Crippen molar-refractivity contribution in [2.45, 2.75) is 65.5 Å². The van der Waals surface area contributed by atoms with E-state index in [1.165, 1.54) is 22.3 Å². The molecule has 0 fully saturated rings. The Kier molecular flexibility index (Phi) is 5.36. The van der Waals surface area contributed by atoms with E-state index in [1.54, 1.807) is 0 Å². The molecule has 0 spiro atoms. The summed E-state index contributed by atoms with van der Waals surface area (Å²) >= 11 is 0. The first kappa shape index (κ1) is 15.2. The fourth-order valence-electron chi connectivity index (χ4n) is 2.90. The minimum Gasteiger partial charge on any atom is -0.391 e. The molecule has 0 saturated heterocycles. The van der Waals surface area contributed by atoms with E-state index in [2.05, 4.69) is 39.8 Å². The predicted octanol–water partition coefficient (Wildman–Crippen LogP) is 3.20. The zero-order chi connectivity index (χ0) is 13.9. The monoisotopic (exact) mass is 249 g/mol. The second-order valence-corrected chi connectivity index (χ2v) is 5.59. The summed E-state index contributed by atoms with van der Waals surface area (Å²) in [5, 5.41) is 10.1. The normalized spacial score (nSPS) is 16.4. The molecular weight excluding hydrogens is 222 g/mol. The van der Waals surface area contributed by atoms with Crippen LogP contribution in [-0.4, -0.2) is 17.3 Å². The van der Waals surface area contributed by atoms with E-state index >= 15 is 0 Å². The third kappa shape index (κ3) is 3.56. The van der Waals surface area contributed by atoms with E-state index in [-0.39, 0.29) is 6.04 Å². The van der Waals surface area contributed by atoms with Crippen LogP contribution in [0.25, 0.3) is 0 Å². The zero-order valence-corrected chi connectivity index (χ0v) is 12.3. The molecule has 0 saturated carbocycles. The lowest BCUT2D eigenvalue weighted by Gasteiger charge is -2.24. The van der Waals surface area contributed by atoms with Gasteiger partial charge in [-0.15, -0.1) is 0 Å². The topological polar surface area (TPSA) is 46.2 Å². The van der Waals surface area contributed by atoms with Crippen LogP contribution >= 0.6 is 0 Å². The zero-order valence-electron chi connectivity index (χ0n) is 12.3. The van der Waals surface area contributed by atoms with Crippen LogP contribution in [-0.2, 0) is 0 Å². The fourth-order valence-corrected chi connectivity index (χ4v) is 2.90. The van der Waals surface area contributed by atoms with Gasteiger partial charge < -0.3 is 10.8 Å². The smallest absolute Gasteiger partial charge is 0.0696 e. The van der Waals surface area contributed by atoms with Crippen LogP contribution in [0.2, 0.25) is 0 Å². The van der Waals surface area contributed by atoms with E-state index in [9.17, 15) is 5.11 Å². The van der Waals surface area contributed by atoms with Gasteiger partial charge in [0.25, 0.3) is 0 Å². The van der Waals surface area contributed by atoms with Crippen molar-refractivity contribution in [3.05, 3.63) is 34.4 Å². The van der Waals surface area contributed by atoms with Gasteiger partial charge in [-0.2, -0.15) is 0 Å². The summed E-state index contributed by atoms with van der Waals surface area (Å²) in [7, 11) is 0. The standard InChI is InChI=1S/C16H27NO/c1-6-14(17)15(18)9-13(5)16-11(3)7-10(2)8-12(16)4/h7-8,13-15,18H,6,9,17H2,1-5H3. The molecule has 102 valence electrons. The molecule has 0 amide bonds. The molecule has 0 aromatic heterocycles. The van der Waals surface area contributed by atoms with E-state index in [0.29, 0.717) is 5.92 Å². The van der Waals surface area contributed by atoms with Crippen LogP contribution in [0, 0.1) is 20.8 Å². The van der Waals surface area contributed by atoms with Gasteiger partial charge in [0.1, 0.15) is 0 Å². The summed E-state index contributed by atoms with van der Waals surface area (Å²) in [5.41, 5.74) is 11.2. The molecule has 3 atom stereocenters. The molecule has 1 aromatic carbocycles. The Morgan fingerprint density at radius 3 is 2.11 bits per heavy atom. The third-order valence-corrected chi connectivity index (χ3v) is 3.79. The van der Waals surface area contributed by atoms with Crippen molar-refractivity contribution in [3.8, 4) is 0 Å². The Morgan fingerprint density at radius 1 is 1.17 bits per heavy atom. The van der Waals surface area contributed by atoms with Crippen LogP contribution in [0.5, 0.6) is 0 Å². The molecular formula is C16H27NO. The van der Waals surface area contributed by atoms with E-state index < -0.39 is 6.10 Å². The van der Waals surface area contributed by atoms with Gasteiger partial charge in [-0.25, -0.2) is 0 Å². The molecule has 2 heteroatoms. The molecule has 0 aliphatic carbocycles. The Hall–Kier alpha value is -0.860. The molecule has 2 nitrogen and oxygen atoms in total. The minimum atomic E-state index is -0.412. The molecule has 0 radical (unpaired) electrons. The second kappa shape index (κ2) is 6.35. The number of nitrogens with two attached hydrogens (primary N) is 1. The summed E-state index contributed by atoms with van der Waals surface area (Å²) in [5.74, 6) is 0.346. The van der Waals surface area contributed by atoms with Gasteiger partial charge in [-0.1, -0.05) is 31.5 Å². The van der Waals surface area contributed by atoms with Crippen molar-refractivity contribution >= 4 is 0 Å². The molecule has 3 unspecified atom stereocenters. The molecule has 0 aliphatic rings. The third-order valence-electron chi connectivity index (χ3n) is 3.79. The second-order valence-electron chi connectivity index (χ2n) is 5.59. The molecule has 18 heavy (non-hydrogen) atoms. The predicted molar refractivity (Wildman–Crippen MR) is 78.0 cm³/mol. The number of aliphatic hydroxyl groups excluding tert-OH is 1. The van der Waals surface area contributed by atoms with Crippen molar-refractivity contribution in [2.75, 3.05) is 0 Å². The number of rotatable bonds is 5. The Bertz CT molecular complexity index is 377. The molecule has 1 rings (SSSR count). The molecule has 0 aliphatic heterocycles. The van der Waals surface area contributed by atoms with Crippen molar-refractivity contribution in [1.29, 1.82) is 0 Å². The number of hydrogen-bond donors (Lipinski definition) is 2. The largest absolute Gasteiger partial charge is 0.391 e. The number of aryl methyl sites for hydroxylation is 3. The van der Waals surface area contributed by atoms with Crippen molar-refractivity contribution in [1.82, 2.24) is 0 Å². The maximum Gasteiger partial charge on any atom is 0.0696 e. The van der Waals surface area contributed by atoms with Crippen molar-refractivity contribution in [3.63, 3.8) is 0 Å². The van der Waals surface area contributed by atoms with E-state index in [1.807, 2.05) is 6.92 Å². The first-order valence-corrected chi connectivity index (χ1v) is 6.88. The highest BCUT2D eigenvalue weighted by atomic mass is 16.3. The molecule has 3 N–H and O–H groups in total. The summed E-state index contributed by atoms with van der Waals surface area (Å²) in [4.78, 5) is 0. The first-order chi connectivity index (χ1) is 8.36. The lowest BCUT2D eigenvalue weighted by molar-refractivity contribution is 0.126. The van der Waals surface area contributed by atoms with Gasteiger partial charge in [0.15, 0.2) is 0 Å². The van der Waals surface area contributed by atoms with Gasteiger partial charge in [0.05, 0.1) is 6.10 Å². The number of benzene rings is 1. The van der Waals surface area contributed by atoms with Crippen LogP contribution in [0.15, 0.2) is 12.1 Å². The fraction of sp³-hybridized carbons (Fsp3) is 0.625. The molecule has 0 heterocycles. The van der Waals surface area contributed by atoms with Crippen LogP contribution in [0.3, 0.4) is 0 Å². The van der Waals surface area contributed by atoms with Gasteiger partial charge >= 0.3 is 0 Å². The van der Waals surface area contributed by atoms with Gasteiger partial charge in [0, 0.05) is 6.04 Å². The highest BCUT2D eigenvalue weighted by Crippen LogP contribution is 2.28. The van der Waals surface area contributed by atoms with Crippen LogP contribution in [0.1, 0.15) is 54.9 Å². The number of hydrogen-bond acceptors (Lipinski definition) is 2. The summed E-state index contributed by atoms with van der Waals surface area (Å²) in [6.45, 7) is 10.6. The summed E-state index contributed by atoms with van der Waals surface area (Å²) in [6.07, 6.45) is 1.14. The lowest BCUT2D eigenvalue weighted by atomic mass is 9.86. The summed E-state index contributed by atoms with van der Waals surface area (Å²) in [6, 6.07) is 4.31. The van der Waals surface area contributed by atoms with Crippen molar-refractivity contribution < 1.29 is 5.11 Å². The maximum absolute atomic E-state index is 10.1. The van der Waals surface area contributed by atoms with E-state index in [0.717, 1.165) is 12.8 Å². The van der Waals surface area contributed by atoms with Gasteiger partial charge in [0.2, 0.25) is 0 Å². The lowest BCUT2D eigenvalue weighted by Crippen LogP contribution is -2.34. The van der Waals surface area contributed by atoms with Gasteiger partial charge in [-0.05, 0) is 56.2 Å². The van der Waals surface area contributed by atoms with Gasteiger partial charge in [-0.3, -0.25) is 0 Å². The van der Waals surface area contributed by atoms with Crippen molar-refractivity contribution in [2.24, 2.45) is 5.73 Å². The Balaban J connectivity index is 2.88. The quantitative estimate of drug-likeness (QED) is 0.841. The van der Waals surface area contributed by atoms with Crippen LogP contribution in [0.4, 0.5) is 0 Å². The van der Waals surface area contributed by atoms with Crippen LogP contribution < -0.4 is 5.73 Å². The molecule has 0 bridgehead atoms. The SMILES string of the molecule is CCC(N)C(O)CC(C)c1c(C)cc(C)cc1C. The maximum atomic E-state index is 10.1. The molecule has 1 aromatic rings. The van der Waals surface area contributed by atoms with E-state index in [4.69, 9.17) is 5.73 Å². The summed E-state index contributed by atoms with van der Waals surface area (Å²) < 4.78 is 0. The Labute approximate surface area is 111 Å². The highest BCUT2D eigenvalue weighted by Gasteiger charge is 2.19. The average Bonchev–Trinajstić information content (AvgIpc) is 2.26.